The molecule has 0 saturated carbocycles. The Morgan fingerprint density at radius 3 is 2.91 bits per heavy atom. The van der Waals surface area contributed by atoms with Gasteiger partial charge in [-0.25, -0.2) is 9.18 Å². The van der Waals surface area contributed by atoms with E-state index in [1.807, 2.05) is 20.8 Å². The highest BCUT2D eigenvalue weighted by atomic mass is 19.1. The van der Waals surface area contributed by atoms with Crippen LogP contribution in [0.2, 0.25) is 0 Å². The number of carbonyl (C=O) groups excluding carboxylic acids is 1. The summed E-state index contributed by atoms with van der Waals surface area (Å²) in [6, 6.07) is 6.06. The summed E-state index contributed by atoms with van der Waals surface area (Å²) >= 11 is 0. The van der Waals surface area contributed by atoms with Crippen LogP contribution in [0.15, 0.2) is 24.3 Å². The number of ether oxygens (including phenoxy) is 2. The third-order valence-corrected chi connectivity index (χ3v) is 3.49. The van der Waals surface area contributed by atoms with Crippen LogP contribution in [0.3, 0.4) is 0 Å². The normalized spacial score (nSPS) is 18.6. The maximum atomic E-state index is 13.1. The SMILES string of the molecule is CC(C)(C)OC(=O)N1CCNCC1CCOc1cccc(F)c1. The molecule has 1 heterocycles. The third-order valence-electron chi connectivity index (χ3n) is 3.49. The molecule has 23 heavy (non-hydrogen) atoms. The zero-order valence-corrected chi connectivity index (χ0v) is 14.0. The first kappa shape index (κ1) is 17.5. The summed E-state index contributed by atoms with van der Waals surface area (Å²) in [5, 5.41) is 3.28. The molecule has 1 aliphatic rings. The van der Waals surface area contributed by atoms with Crippen molar-refractivity contribution in [2.24, 2.45) is 0 Å². The second-order valence-corrected chi connectivity index (χ2v) is 6.63. The lowest BCUT2D eigenvalue weighted by Crippen LogP contribution is -2.55. The summed E-state index contributed by atoms with van der Waals surface area (Å²) < 4.78 is 24.1. The van der Waals surface area contributed by atoms with Crippen molar-refractivity contribution in [2.75, 3.05) is 26.2 Å². The molecule has 1 N–H and O–H groups in total. The van der Waals surface area contributed by atoms with Gasteiger partial charge in [0.25, 0.3) is 0 Å². The zero-order chi connectivity index (χ0) is 16.9. The molecule has 0 aromatic heterocycles. The van der Waals surface area contributed by atoms with Crippen molar-refractivity contribution in [3.05, 3.63) is 30.1 Å². The number of nitrogens with zero attached hydrogens (tertiary/aromatic N) is 1. The number of piperazine rings is 1. The van der Waals surface area contributed by atoms with Gasteiger partial charge in [0.1, 0.15) is 17.2 Å². The number of nitrogens with one attached hydrogen (secondary N) is 1. The van der Waals surface area contributed by atoms with Crippen molar-refractivity contribution < 1.29 is 18.7 Å². The maximum absolute atomic E-state index is 13.1. The van der Waals surface area contributed by atoms with Crippen molar-refractivity contribution in [1.29, 1.82) is 0 Å². The molecule has 0 bridgehead atoms. The van der Waals surface area contributed by atoms with Crippen LogP contribution in [0.4, 0.5) is 9.18 Å². The summed E-state index contributed by atoms with van der Waals surface area (Å²) in [6.07, 6.45) is 0.359. The topological polar surface area (TPSA) is 50.8 Å². The smallest absolute Gasteiger partial charge is 0.410 e. The van der Waals surface area contributed by atoms with E-state index in [4.69, 9.17) is 9.47 Å². The molecule has 1 saturated heterocycles. The van der Waals surface area contributed by atoms with Crippen molar-refractivity contribution in [3.63, 3.8) is 0 Å². The summed E-state index contributed by atoms with van der Waals surface area (Å²) in [7, 11) is 0. The molecule has 1 fully saturated rings. The average Bonchev–Trinajstić information content (AvgIpc) is 2.46. The quantitative estimate of drug-likeness (QED) is 0.925. The minimum absolute atomic E-state index is 0.00663. The number of hydrogen-bond donors (Lipinski definition) is 1. The minimum atomic E-state index is -0.509. The molecule has 1 aliphatic heterocycles. The fraction of sp³-hybridized carbons (Fsp3) is 0.588. The standard InChI is InChI=1S/C17H25FN2O3/c1-17(2,3)23-16(21)20-9-8-19-12-14(20)7-10-22-15-6-4-5-13(18)11-15/h4-6,11,14,19H,7-10,12H2,1-3H3. The summed E-state index contributed by atoms with van der Waals surface area (Å²) in [5.74, 6) is 0.176. The lowest BCUT2D eigenvalue weighted by molar-refractivity contribution is 0.00985. The van der Waals surface area contributed by atoms with E-state index in [0.29, 0.717) is 31.9 Å². The Labute approximate surface area is 136 Å². The molecule has 0 spiro atoms. The molecule has 6 heteroatoms. The Hall–Kier alpha value is -1.82. The second-order valence-electron chi connectivity index (χ2n) is 6.63. The van der Waals surface area contributed by atoms with E-state index in [1.165, 1.54) is 12.1 Å². The molecule has 0 radical (unpaired) electrons. The van der Waals surface area contributed by atoms with Gasteiger partial charge < -0.3 is 19.7 Å². The van der Waals surface area contributed by atoms with Gasteiger partial charge in [-0.2, -0.15) is 0 Å². The Morgan fingerprint density at radius 1 is 1.43 bits per heavy atom. The molecule has 1 aromatic carbocycles. The Kier molecular flexibility index (Phi) is 5.82. The fourth-order valence-electron chi connectivity index (χ4n) is 2.45. The summed E-state index contributed by atoms with van der Waals surface area (Å²) in [4.78, 5) is 14.0. The average molecular weight is 324 g/mol. The molecule has 1 aromatic rings. The van der Waals surface area contributed by atoms with Gasteiger partial charge in [0.15, 0.2) is 0 Å². The number of carbonyl (C=O) groups is 1. The van der Waals surface area contributed by atoms with Crippen LogP contribution >= 0.6 is 0 Å². The molecule has 128 valence electrons. The molecule has 1 unspecified atom stereocenters. The molecule has 2 rings (SSSR count). The van der Waals surface area contributed by atoms with E-state index < -0.39 is 5.60 Å². The van der Waals surface area contributed by atoms with Crippen LogP contribution < -0.4 is 10.1 Å². The van der Waals surface area contributed by atoms with E-state index in [9.17, 15) is 9.18 Å². The van der Waals surface area contributed by atoms with Crippen LogP contribution in [-0.2, 0) is 4.74 Å². The first-order valence-electron chi connectivity index (χ1n) is 7.94. The van der Waals surface area contributed by atoms with Crippen molar-refractivity contribution in [3.8, 4) is 5.75 Å². The van der Waals surface area contributed by atoms with Gasteiger partial charge in [-0.15, -0.1) is 0 Å². The van der Waals surface area contributed by atoms with Gasteiger partial charge in [0.05, 0.1) is 12.6 Å². The Balaban J connectivity index is 1.87. The number of benzene rings is 1. The third kappa shape index (κ3) is 5.71. The highest BCUT2D eigenvalue weighted by Crippen LogP contribution is 2.16. The number of halogens is 1. The monoisotopic (exact) mass is 324 g/mol. The van der Waals surface area contributed by atoms with Crippen LogP contribution in [-0.4, -0.2) is 48.9 Å². The molecular formula is C17H25FN2O3. The zero-order valence-electron chi connectivity index (χ0n) is 14.0. The van der Waals surface area contributed by atoms with Crippen LogP contribution in [0.5, 0.6) is 5.75 Å². The lowest BCUT2D eigenvalue weighted by Gasteiger charge is -2.37. The van der Waals surface area contributed by atoms with Gasteiger partial charge in [0.2, 0.25) is 0 Å². The van der Waals surface area contributed by atoms with Gasteiger partial charge in [-0.1, -0.05) is 6.07 Å². The summed E-state index contributed by atoms with van der Waals surface area (Å²) in [6.45, 7) is 8.04. The van der Waals surface area contributed by atoms with E-state index in [-0.39, 0.29) is 18.0 Å². The van der Waals surface area contributed by atoms with Crippen molar-refractivity contribution >= 4 is 6.09 Å². The predicted octanol–water partition coefficient (Wildman–Crippen LogP) is 2.80. The minimum Gasteiger partial charge on any atom is -0.493 e. The number of rotatable bonds is 4. The van der Waals surface area contributed by atoms with E-state index in [2.05, 4.69) is 5.32 Å². The number of hydrogen-bond acceptors (Lipinski definition) is 4. The van der Waals surface area contributed by atoms with Gasteiger partial charge in [-0.3, -0.25) is 0 Å². The van der Waals surface area contributed by atoms with E-state index >= 15 is 0 Å². The Morgan fingerprint density at radius 2 is 2.22 bits per heavy atom. The maximum Gasteiger partial charge on any atom is 0.410 e. The molecular weight excluding hydrogens is 299 g/mol. The lowest BCUT2D eigenvalue weighted by atomic mass is 10.1. The highest BCUT2D eigenvalue weighted by molar-refractivity contribution is 5.68. The molecule has 0 aliphatic carbocycles. The fourth-order valence-corrected chi connectivity index (χ4v) is 2.45. The van der Waals surface area contributed by atoms with Crippen molar-refractivity contribution in [2.45, 2.75) is 38.8 Å². The van der Waals surface area contributed by atoms with Crippen LogP contribution in [0, 0.1) is 5.82 Å². The Bertz CT molecular complexity index is 531. The molecule has 1 atom stereocenters. The van der Waals surface area contributed by atoms with Crippen LogP contribution in [0.1, 0.15) is 27.2 Å². The van der Waals surface area contributed by atoms with Crippen molar-refractivity contribution in [1.82, 2.24) is 10.2 Å². The first-order chi connectivity index (χ1) is 10.8. The van der Waals surface area contributed by atoms with Gasteiger partial charge in [-0.05, 0) is 32.9 Å². The highest BCUT2D eigenvalue weighted by Gasteiger charge is 2.30. The van der Waals surface area contributed by atoms with Gasteiger partial charge >= 0.3 is 6.09 Å². The van der Waals surface area contributed by atoms with E-state index in [1.54, 1.807) is 17.0 Å². The van der Waals surface area contributed by atoms with Crippen LogP contribution in [0.25, 0.3) is 0 Å². The molecule has 1 amide bonds. The largest absolute Gasteiger partial charge is 0.493 e. The van der Waals surface area contributed by atoms with Gasteiger partial charge in [0, 0.05) is 32.1 Å². The number of amides is 1. The summed E-state index contributed by atoms with van der Waals surface area (Å²) in [5.41, 5.74) is -0.509. The predicted molar refractivity (Wildman–Crippen MR) is 86.1 cm³/mol. The first-order valence-corrected chi connectivity index (χ1v) is 7.94. The second kappa shape index (κ2) is 7.64. The molecule has 5 nitrogen and oxygen atoms in total. The van der Waals surface area contributed by atoms with E-state index in [0.717, 1.165) is 6.54 Å².